The first-order valence-electron chi connectivity index (χ1n) is 6.78. The predicted octanol–water partition coefficient (Wildman–Crippen LogP) is 1.67. The van der Waals surface area contributed by atoms with E-state index in [1.165, 1.54) is 5.56 Å². The number of nitrogens with zero attached hydrogens (tertiary/aromatic N) is 2. The van der Waals surface area contributed by atoms with E-state index in [0.717, 1.165) is 19.6 Å². The van der Waals surface area contributed by atoms with Gasteiger partial charge in [-0.15, -0.1) is 0 Å². The van der Waals surface area contributed by atoms with E-state index < -0.39 is 5.97 Å². The normalized spacial score (nSPS) is 25.4. The first-order chi connectivity index (χ1) is 9.08. The van der Waals surface area contributed by atoms with Gasteiger partial charge in [0.25, 0.3) is 0 Å². The van der Waals surface area contributed by atoms with Gasteiger partial charge in [-0.2, -0.15) is 0 Å². The largest absolute Gasteiger partial charge is 0.481 e. The molecule has 1 aromatic rings. The Hall–Kier alpha value is -1.39. The van der Waals surface area contributed by atoms with Crippen molar-refractivity contribution in [3.63, 3.8) is 0 Å². The van der Waals surface area contributed by atoms with Gasteiger partial charge >= 0.3 is 5.97 Å². The third kappa shape index (κ3) is 3.55. The van der Waals surface area contributed by atoms with Crippen molar-refractivity contribution >= 4 is 5.97 Å². The Morgan fingerprint density at radius 1 is 1.32 bits per heavy atom. The summed E-state index contributed by atoms with van der Waals surface area (Å²) in [7, 11) is 2.02. The summed E-state index contributed by atoms with van der Waals surface area (Å²) in [6.07, 6.45) is 0.211. The van der Waals surface area contributed by atoms with Crippen LogP contribution >= 0.6 is 0 Å². The molecule has 1 heterocycles. The second kappa shape index (κ2) is 6.17. The number of rotatable bonds is 4. The molecule has 0 spiro atoms. The molecule has 4 nitrogen and oxygen atoms in total. The fourth-order valence-electron chi connectivity index (χ4n) is 2.81. The highest BCUT2D eigenvalue weighted by Crippen LogP contribution is 2.20. The molecule has 4 heteroatoms. The lowest BCUT2D eigenvalue weighted by molar-refractivity contribution is -0.139. The Balaban J connectivity index is 2.04. The molecule has 0 saturated carbocycles. The lowest BCUT2D eigenvalue weighted by Gasteiger charge is -2.44. The topological polar surface area (TPSA) is 43.8 Å². The van der Waals surface area contributed by atoms with Crippen LogP contribution in [-0.2, 0) is 11.3 Å². The third-order valence-corrected chi connectivity index (χ3v) is 4.05. The summed E-state index contributed by atoms with van der Waals surface area (Å²) in [6.45, 7) is 4.94. The summed E-state index contributed by atoms with van der Waals surface area (Å²) in [6, 6.07) is 10.7. The zero-order valence-electron chi connectivity index (χ0n) is 11.6. The number of piperazine rings is 1. The molecule has 1 aliphatic rings. The molecule has 0 unspecified atom stereocenters. The monoisotopic (exact) mass is 262 g/mol. The van der Waals surface area contributed by atoms with Crippen molar-refractivity contribution in [3.8, 4) is 0 Å². The molecule has 1 aliphatic heterocycles. The molecule has 1 fully saturated rings. The third-order valence-electron chi connectivity index (χ3n) is 4.05. The molecule has 0 radical (unpaired) electrons. The van der Waals surface area contributed by atoms with Crippen LogP contribution in [0, 0.1) is 0 Å². The highest BCUT2D eigenvalue weighted by atomic mass is 16.4. The van der Waals surface area contributed by atoms with Gasteiger partial charge in [-0.25, -0.2) is 0 Å². The second-order valence-electron chi connectivity index (χ2n) is 5.34. The molecule has 104 valence electrons. The summed E-state index contributed by atoms with van der Waals surface area (Å²) in [4.78, 5) is 15.5. The molecular formula is C15H22N2O2. The van der Waals surface area contributed by atoms with Gasteiger partial charge in [-0.3, -0.25) is 9.69 Å². The van der Waals surface area contributed by atoms with E-state index in [4.69, 9.17) is 5.11 Å². The maximum absolute atomic E-state index is 11.0. The SMILES string of the molecule is C[C@H]1[C@@H](CC(=O)O)N(C)CCN1Cc1ccccc1. The fourth-order valence-corrected chi connectivity index (χ4v) is 2.81. The van der Waals surface area contributed by atoms with Crippen LogP contribution in [0.2, 0.25) is 0 Å². The molecule has 2 atom stereocenters. The molecule has 0 aliphatic carbocycles. The molecule has 1 N–H and O–H groups in total. The minimum atomic E-state index is -0.717. The number of hydrogen-bond donors (Lipinski definition) is 1. The number of carboxylic acid groups (broad SMARTS) is 1. The quantitative estimate of drug-likeness (QED) is 0.896. The van der Waals surface area contributed by atoms with Crippen LogP contribution in [0.4, 0.5) is 0 Å². The van der Waals surface area contributed by atoms with E-state index in [-0.39, 0.29) is 18.5 Å². The Labute approximate surface area is 114 Å². The fraction of sp³-hybridized carbons (Fsp3) is 0.533. The van der Waals surface area contributed by atoms with Gasteiger partial charge in [0, 0.05) is 31.7 Å². The molecule has 19 heavy (non-hydrogen) atoms. The Morgan fingerprint density at radius 3 is 2.63 bits per heavy atom. The van der Waals surface area contributed by atoms with Gasteiger partial charge in [-0.05, 0) is 19.5 Å². The average Bonchev–Trinajstić information content (AvgIpc) is 2.39. The lowest BCUT2D eigenvalue weighted by atomic mass is 9.99. The highest BCUT2D eigenvalue weighted by molar-refractivity contribution is 5.67. The molecule has 1 saturated heterocycles. The first kappa shape index (κ1) is 14.0. The van der Waals surface area contributed by atoms with Gasteiger partial charge in [0.15, 0.2) is 0 Å². The summed E-state index contributed by atoms with van der Waals surface area (Å²) in [5.41, 5.74) is 1.29. The van der Waals surface area contributed by atoms with Crippen molar-refractivity contribution in [2.24, 2.45) is 0 Å². The van der Waals surface area contributed by atoms with Crippen molar-refractivity contribution in [1.29, 1.82) is 0 Å². The maximum Gasteiger partial charge on any atom is 0.304 e. The Bertz CT molecular complexity index is 421. The minimum absolute atomic E-state index is 0.0926. The van der Waals surface area contributed by atoms with E-state index in [1.807, 2.05) is 25.2 Å². The van der Waals surface area contributed by atoms with Crippen molar-refractivity contribution in [2.45, 2.75) is 32.0 Å². The predicted molar refractivity (Wildman–Crippen MR) is 75.0 cm³/mol. The second-order valence-corrected chi connectivity index (χ2v) is 5.34. The zero-order valence-corrected chi connectivity index (χ0v) is 11.6. The maximum atomic E-state index is 11.0. The van der Waals surface area contributed by atoms with Crippen molar-refractivity contribution in [2.75, 3.05) is 20.1 Å². The van der Waals surface area contributed by atoms with E-state index in [2.05, 4.69) is 28.9 Å². The summed E-state index contributed by atoms with van der Waals surface area (Å²) in [5.74, 6) is -0.717. The minimum Gasteiger partial charge on any atom is -0.481 e. The average molecular weight is 262 g/mol. The van der Waals surface area contributed by atoms with E-state index in [9.17, 15) is 4.79 Å². The molecular weight excluding hydrogens is 240 g/mol. The molecule has 0 aromatic heterocycles. The highest BCUT2D eigenvalue weighted by Gasteiger charge is 2.32. The van der Waals surface area contributed by atoms with Gasteiger partial charge in [0.05, 0.1) is 6.42 Å². The Morgan fingerprint density at radius 2 is 2.00 bits per heavy atom. The number of carbonyl (C=O) groups is 1. The number of aliphatic carboxylic acids is 1. The van der Waals surface area contributed by atoms with Gasteiger partial charge < -0.3 is 10.0 Å². The van der Waals surface area contributed by atoms with Crippen LogP contribution in [0.25, 0.3) is 0 Å². The van der Waals surface area contributed by atoms with Gasteiger partial charge in [-0.1, -0.05) is 30.3 Å². The van der Waals surface area contributed by atoms with E-state index in [1.54, 1.807) is 0 Å². The molecule has 1 aromatic carbocycles. The first-order valence-corrected chi connectivity index (χ1v) is 6.78. The summed E-state index contributed by atoms with van der Waals surface area (Å²) >= 11 is 0. The van der Waals surface area contributed by atoms with Gasteiger partial charge in [0.1, 0.15) is 0 Å². The lowest BCUT2D eigenvalue weighted by Crippen LogP contribution is -2.57. The van der Waals surface area contributed by atoms with Crippen LogP contribution in [0.3, 0.4) is 0 Å². The van der Waals surface area contributed by atoms with E-state index >= 15 is 0 Å². The van der Waals surface area contributed by atoms with E-state index in [0.29, 0.717) is 0 Å². The Kier molecular flexibility index (Phi) is 4.56. The van der Waals surface area contributed by atoms with Crippen LogP contribution in [0.15, 0.2) is 30.3 Å². The summed E-state index contributed by atoms with van der Waals surface area (Å²) in [5, 5.41) is 9.03. The summed E-state index contributed by atoms with van der Waals surface area (Å²) < 4.78 is 0. The number of likely N-dealkylation sites (N-methyl/N-ethyl adjacent to an activating group) is 1. The van der Waals surface area contributed by atoms with Crippen LogP contribution in [0.1, 0.15) is 18.9 Å². The number of hydrogen-bond acceptors (Lipinski definition) is 3. The van der Waals surface area contributed by atoms with Gasteiger partial charge in [0.2, 0.25) is 0 Å². The zero-order chi connectivity index (χ0) is 13.8. The van der Waals surface area contributed by atoms with Crippen LogP contribution in [-0.4, -0.2) is 53.1 Å². The van der Waals surface area contributed by atoms with Crippen molar-refractivity contribution < 1.29 is 9.90 Å². The number of benzene rings is 1. The van der Waals surface area contributed by atoms with Crippen molar-refractivity contribution in [1.82, 2.24) is 9.80 Å². The molecule has 0 bridgehead atoms. The molecule has 0 amide bonds. The molecule has 2 rings (SSSR count). The van der Waals surface area contributed by atoms with Crippen LogP contribution in [0.5, 0.6) is 0 Å². The number of carboxylic acids is 1. The van der Waals surface area contributed by atoms with Crippen molar-refractivity contribution in [3.05, 3.63) is 35.9 Å². The standard InChI is InChI=1S/C15H22N2O2/c1-12-14(10-15(18)19)16(2)8-9-17(12)11-13-6-4-3-5-7-13/h3-7,12,14H,8-11H2,1-2H3,(H,18,19)/t12-,14+/m0/s1. The smallest absolute Gasteiger partial charge is 0.304 e. The van der Waals surface area contributed by atoms with Crippen LogP contribution < -0.4 is 0 Å².